The summed E-state index contributed by atoms with van der Waals surface area (Å²) in [6, 6.07) is 58.2. The molecule has 2 aliphatic carbocycles. The van der Waals surface area contributed by atoms with Crippen LogP contribution in [0.25, 0.3) is 43.8 Å². The Hall–Kier alpha value is -4.44. The van der Waals surface area contributed by atoms with Gasteiger partial charge in [-0.05, 0) is 0 Å². The van der Waals surface area contributed by atoms with E-state index >= 15 is 0 Å². The summed E-state index contributed by atoms with van der Waals surface area (Å²) in [4.78, 5) is 0. The number of allylic oxidation sites excluding steroid dienone is 2. The van der Waals surface area contributed by atoms with Crippen LogP contribution in [0.4, 0.5) is 0 Å². The fourth-order valence-electron chi connectivity index (χ4n) is 9.09. The maximum absolute atomic E-state index is 6.50. The Labute approximate surface area is 336 Å². The molecule has 2 heterocycles. The third-order valence-electron chi connectivity index (χ3n) is 11.1. The van der Waals surface area contributed by atoms with Crippen LogP contribution in [0.15, 0.2) is 179 Å². The maximum atomic E-state index is 6.50. The monoisotopic (exact) mass is 832 g/mol. The molecule has 6 heteroatoms. The Morgan fingerprint density at radius 1 is 0.426 bits per heavy atom. The minimum atomic E-state index is -2.76. The third-order valence-corrected chi connectivity index (χ3v) is 30.2. The largest absolute Gasteiger partial charge is 1.00 e. The first-order chi connectivity index (χ1) is 25.7. The van der Waals surface area contributed by atoms with Gasteiger partial charge in [-0.1, -0.05) is 0 Å². The quantitative estimate of drug-likeness (QED) is 0.173. The number of rotatable bonds is 6. The van der Waals surface area contributed by atoms with Gasteiger partial charge in [-0.2, -0.15) is 0 Å². The summed E-state index contributed by atoms with van der Waals surface area (Å²) in [5.74, 6) is 1.99. The topological polar surface area (TPSA) is 26.3 Å². The van der Waals surface area contributed by atoms with Crippen LogP contribution in [0.1, 0.15) is 52.2 Å². The van der Waals surface area contributed by atoms with Crippen molar-refractivity contribution in [3.63, 3.8) is 0 Å². The summed E-state index contributed by atoms with van der Waals surface area (Å²) in [7, 11) is 0. The molecule has 0 aliphatic heterocycles. The molecule has 0 amide bonds. The van der Waals surface area contributed by atoms with E-state index in [-0.39, 0.29) is 32.1 Å². The fraction of sp³-hybridized carbons (Fsp3) is 0.0833. The zero-order chi connectivity index (χ0) is 34.8. The van der Waals surface area contributed by atoms with Gasteiger partial charge in [0.25, 0.3) is 0 Å². The molecule has 0 spiro atoms. The number of fused-ring (bicyclic) bond motifs is 4. The van der Waals surface area contributed by atoms with Crippen molar-refractivity contribution in [2.75, 3.05) is 0 Å². The van der Waals surface area contributed by atoms with Gasteiger partial charge in [-0.3, -0.25) is 0 Å². The minimum absolute atomic E-state index is 0. The molecule has 2 unspecified atom stereocenters. The van der Waals surface area contributed by atoms with Crippen molar-refractivity contribution < 1.29 is 54.0 Å². The summed E-state index contributed by atoms with van der Waals surface area (Å²) in [5, 5.41) is 5.08. The molecule has 0 radical (unpaired) electrons. The van der Waals surface area contributed by atoms with E-state index in [1.807, 2.05) is 12.5 Å². The van der Waals surface area contributed by atoms with E-state index in [9.17, 15) is 0 Å². The molecule has 2 nitrogen and oxygen atoms in total. The fourth-order valence-corrected chi connectivity index (χ4v) is 29.0. The summed E-state index contributed by atoms with van der Waals surface area (Å²) in [6.45, 7) is 5.19. The van der Waals surface area contributed by atoms with Crippen LogP contribution in [-0.4, -0.2) is 5.43 Å². The first-order valence-corrected chi connectivity index (χ1v) is 27.1. The molecule has 262 valence electrons. The SMILES string of the molecule is C[Si](C)=[Zr+2]([CH]1C(c2ccco2)=C(c2cccc3ccccc23)c2ccccc21)[CH]1C(c2ccco2)=C(c2cccc3ccccc23)c2ccccc21.[Cl-].[Cl-]. The zero-order valence-electron chi connectivity index (χ0n) is 29.9. The Kier molecular flexibility index (Phi) is 10.2. The third kappa shape index (κ3) is 5.78. The molecule has 0 saturated carbocycles. The van der Waals surface area contributed by atoms with Crippen molar-refractivity contribution >= 4 is 49.3 Å². The normalized spacial score (nSPS) is 15.7. The second kappa shape index (κ2) is 15.0. The van der Waals surface area contributed by atoms with Gasteiger partial charge in [0.2, 0.25) is 0 Å². The molecule has 10 rings (SSSR count). The Balaban J connectivity index is 0.00000207. The van der Waals surface area contributed by atoms with Crippen molar-refractivity contribution in [2.45, 2.75) is 20.3 Å². The van der Waals surface area contributed by atoms with Crippen molar-refractivity contribution in [3.8, 4) is 0 Å². The average Bonchev–Trinajstić information content (AvgIpc) is 4.01. The van der Waals surface area contributed by atoms with Gasteiger partial charge in [0.1, 0.15) is 0 Å². The minimum Gasteiger partial charge on any atom is -1.00 e. The Bertz CT molecular complexity index is 2580. The van der Waals surface area contributed by atoms with Gasteiger partial charge in [0.05, 0.1) is 0 Å². The zero-order valence-corrected chi connectivity index (χ0v) is 34.9. The molecule has 8 aromatic rings. The molecule has 0 fully saturated rings. The molecule has 2 atom stereocenters. The van der Waals surface area contributed by atoms with Crippen LogP contribution in [0.3, 0.4) is 0 Å². The van der Waals surface area contributed by atoms with Crippen molar-refractivity contribution in [3.05, 3.63) is 215 Å². The summed E-state index contributed by atoms with van der Waals surface area (Å²) in [6.07, 6.45) is 3.71. The van der Waals surface area contributed by atoms with Crippen molar-refractivity contribution in [2.24, 2.45) is 0 Å². The number of halogens is 2. The van der Waals surface area contributed by atoms with E-state index in [2.05, 4.69) is 171 Å². The molecular formula is C48H36Cl2O2SiZr. The van der Waals surface area contributed by atoms with Crippen molar-refractivity contribution in [1.29, 1.82) is 0 Å². The first-order valence-electron chi connectivity index (χ1n) is 18.1. The summed E-state index contributed by atoms with van der Waals surface area (Å²) < 4.78 is 13.6. The molecular weight excluding hydrogens is 799 g/mol. The molecule has 0 bridgehead atoms. The van der Waals surface area contributed by atoms with E-state index < -0.39 is 25.8 Å². The van der Waals surface area contributed by atoms with Crippen LogP contribution < -0.4 is 24.8 Å². The van der Waals surface area contributed by atoms with Crippen LogP contribution in [0.2, 0.25) is 13.1 Å². The van der Waals surface area contributed by atoms with E-state index in [0.29, 0.717) is 0 Å². The van der Waals surface area contributed by atoms with Crippen LogP contribution in [0.5, 0.6) is 0 Å². The van der Waals surface area contributed by atoms with E-state index in [1.165, 1.54) is 77.2 Å². The van der Waals surface area contributed by atoms with E-state index in [4.69, 9.17) is 8.83 Å². The predicted molar refractivity (Wildman–Crippen MR) is 213 cm³/mol. The van der Waals surface area contributed by atoms with E-state index in [0.717, 1.165) is 11.5 Å². The van der Waals surface area contributed by atoms with E-state index in [1.54, 1.807) is 0 Å². The van der Waals surface area contributed by atoms with Gasteiger partial charge >= 0.3 is 314 Å². The van der Waals surface area contributed by atoms with Crippen molar-refractivity contribution in [1.82, 2.24) is 0 Å². The summed E-state index contributed by atoms with van der Waals surface area (Å²) in [5.41, 5.74) is 12.8. The molecule has 6 aromatic carbocycles. The average molecular weight is 835 g/mol. The smallest absolute Gasteiger partial charge is 1.00 e. The number of benzene rings is 6. The Morgan fingerprint density at radius 2 is 0.815 bits per heavy atom. The standard InChI is InChI=1S/2C23H15O.C2H6Si.2ClH.Zr/c2*1-3-10-18-16(7-1)9-5-12-20(18)23-19-11-4-2-8-17(19)15-21(23)22-13-6-14-24-22;1-3-2;;;/h2*1-15H;1-2H3;2*1H;/q;;;;;+2/p-2. The number of furan rings is 2. The van der Waals surface area contributed by atoms with Gasteiger partial charge in [0, 0.05) is 0 Å². The molecule has 2 aliphatic rings. The van der Waals surface area contributed by atoms with Crippen LogP contribution >= 0.6 is 0 Å². The number of hydrogen-bond donors (Lipinski definition) is 0. The molecule has 54 heavy (non-hydrogen) atoms. The molecule has 2 aromatic heterocycles. The Morgan fingerprint density at radius 3 is 1.24 bits per heavy atom. The van der Waals surface area contributed by atoms with Gasteiger partial charge in [-0.15, -0.1) is 0 Å². The number of hydrogen-bond acceptors (Lipinski definition) is 2. The van der Waals surface area contributed by atoms with Gasteiger partial charge in [-0.25, -0.2) is 0 Å². The first kappa shape index (κ1) is 36.5. The molecule has 0 saturated heterocycles. The second-order valence-electron chi connectivity index (χ2n) is 14.1. The van der Waals surface area contributed by atoms with Gasteiger partial charge < -0.3 is 24.8 Å². The summed E-state index contributed by atoms with van der Waals surface area (Å²) >= 11 is -2.76. The molecule has 0 N–H and O–H groups in total. The van der Waals surface area contributed by atoms with Crippen LogP contribution in [-0.2, 0) is 20.4 Å². The van der Waals surface area contributed by atoms with Gasteiger partial charge in [0.15, 0.2) is 0 Å². The maximum Gasteiger partial charge on any atom is -1.00 e. The second-order valence-corrected chi connectivity index (χ2v) is 31.9. The van der Waals surface area contributed by atoms with Crippen LogP contribution in [0, 0.1) is 0 Å². The predicted octanol–water partition coefficient (Wildman–Crippen LogP) is 6.78.